The van der Waals surface area contributed by atoms with Crippen LogP contribution in [-0.2, 0) is 6.54 Å². The lowest BCUT2D eigenvalue weighted by Gasteiger charge is -2.22. The molecule has 1 aromatic rings. The standard InChI is InChI=1S/C11H16N2S2/c1-11(2,14-3)8-13-7-10-5-4-9(6-12)15-10/h4-5,13H,7-8H2,1-3H3. The van der Waals surface area contributed by atoms with Crippen molar-refractivity contribution in [2.45, 2.75) is 25.1 Å². The van der Waals surface area contributed by atoms with E-state index in [1.165, 1.54) is 4.88 Å². The molecule has 0 atom stereocenters. The molecule has 82 valence electrons. The van der Waals surface area contributed by atoms with Crippen molar-refractivity contribution in [2.75, 3.05) is 12.8 Å². The second-order valence-electron chi connectivity index (χ2n) is 3.95. The molecule has 0 saturated heterocycles. The maximum absolute atomic E-state index is 8.68. The van der Waals surface area contributed by atoms with Gasteiger partial charge in [0.15, 0.2) is 0 Å². The molecule has 0 unspecified atom stereocenters. The van der Waals surface area contributed by atoms with Crippen LogP contribution in [0.4, 0.5) is 0 Å². The first kappa shape index (κ1) is 12.6. The lowest BCUT2D eigenvalue weighted by molar-refractivity contribution is 0.594. The third-order valence-electron chi connectivity index (χ3n) is 2.17. The SMILES string of the molecule is CSC(C)(C)CNCc1ccc(C#N)s1. The maximum atomic E-state index is 8.68. The molecule has 4 heteroatoms. The Kier molecular flexibility index (Phi) is 4.65. The molecule has 0 fully saturated rings. The van der Waals surface area contributed by atoms with E-state index in [4.69, 9.17) is 5.26 Å². The molecular formula is C11H16N2S2. The second kappa shape index (κ2) is 5.55. The number of thioether (sulfide) groups is 1. The van der Waals surface area contributed by atoms with Crippen LogP contribution >= 0.6 is 23.1 Å². The van der Waals surface area contributed by atoms with E-state index in [1.807, 2.05) is 23.9 Å². The summed E-state index contributed by atoms with van der Waals surface area (Å²) in [5, 5.41) is 12.1. The summed E-state index contributed by atoms with van der Waals surface area (Å²) in [6, 6.07) is 6.04. The molecule has 0 radical (unpaired) electrons. The third-order valence-corrected chi connectivity index (χ3v) is 4.41. The third kappa shape index (κ3) is 4.25. The van der Waals surface area contributed by atoms with Crippen molar-refractivity contribution in [1.29, 1.82) is 5.26 Å². The number of hydrogen-bond acceptors (Lipinski definition) is 4. The average Bonchev–Trinajstić information content (AvgIpc) is 2.66. The molecular weight excluding hydrogens is 224 g/mol. The van der Waals surface area contributed by atoms with E-state index in [1.54, 1.807) is 11.3 Å². The summed E-state index contributed by atoms with van der Waals surface area (Å²) in [7, 11) is 0. The van der Waals surface area contributed by atoms with Gasteiger partial charge in [-0.2, -0.15) is 17.0 Å². The predicted octanol–water partition coefficient (Wildman–Crippen LogP) is 2.85. The molecule has 0 aromatic carbocycles. The van der Waals surface area contributed by atoms with Crippen LogP contribution in [0.3, 0.4) is 0 Å². The van der Waals surface area contributed by atoms with Gasteiger partial charge in [0.2, 0.25) is 0 Å². The molecule has 0 bridgehead atoms. The number of hydrogen-bond donors (Lipinski definition) is 1. The topological polar surface area (TPSA) is 35.8 Å². The Hall–Kier alpha value is -0.500. The minimum atomic E-state index is 0.273. The first-order valence-electron chi connectivity index (χ1n) is 4.82. The van der Waals surface area contributed by atoms with Crippen LogP contribution in [0.15, 0.2) is 12.1 Å². The summed E-state index contributed by atoms with van der Waals surface area (Å²) in [6.45, 7) is 6.28. The summed E-state index contributed by atoms with van der Waals surface area (Å²) in [5.41, 5.74) is 0. The van der Waals surface area contributed by atoms with Crippen molar-refractivity contribution >= 4 is 23.1 Å². The van der Waals surface area contributed by atoms with Crippen LogP contribution < -0.4 is 5.32 Å². The van der Waals surface area contributed by atoms with Crippen LogP contribution in [0.2, 0.25) is 0 Å². The summed E-state index contributed by atoms with van der Waals surface area (Å²) >= 11 is 3.42. The van der Waals surface area contributed by atoms with Gasteiger partial charge in [-0.25, -0.2) is 0 Å². The van der Waals surface area contributed by atoms with Gasteiger partial charge in [-0.15, -0.1) is 11.3 Å². The van der Waals surface area contributed by atoms with Crippen LogP contribution in [0.1, 0.15) is 23.6 Å². The molecule has 1 N–H and O–H groups in total. The van der Waals surface area contributed by atoms with E-state index < -0.39 is 0 Å². The molecule has 1 rings (SSSR count). The Labute approximate surface area is 99.7 Å². The van der Waals surface area contributed by atoms with E-state index >= 15 is 0 Å². The van der Waals surface area contributed by atoms with Gasteiger partial charge in [0.05, 0.1) is 0 Å². The number of nitriles is 1. The molecule has 0 aliphatic rings. The summed E-state index contributed by atoms with van der Waals surface area (Å²) in [6.07, 6.45) is 2.13. The van der Waals surface area contributed by atoms with Gasteiger partial charge in [0.25, 0.3) is 0 Å². The lowest BCUT2D eigenvalue weighted by atomic mass is 10.2. The first-order chi connectivity index (χ1) is 7.07. The maximum Gasteiger partial charge on any atom is 0.110 e. The highest BCUT2D eigenvalue weighted by Crippen LogP contribution is 2.20. The fourth-order valence-electron chi connectivity index (χ4n) is 1.09. The minimum Gasteiger partial charge on any atom is -0.310 e. The van der Waals surface area contributed by atoms with Gasteiger partial charge < -0.3 is 5.32 Å². The van der Waals surface area contributed by atoms with Crippen molar-refractivity contribution in [1.82, 2.24) is 5.32 Å². The van der Waals surface area contributed by atoms with Crippen LogP contribution in [0, 0.1) is 11.3 Å². The summed E-state index contributed by atoms with van der Waals surface area (Å²) < 4.78 is 0.273. The molecule has 0 aliphatic carbocycles. The van der Waals surface area contributed by atoms with Gasteiger partial charge in [0, 0.05) is 22.7 Å². The van der Waals surface area contributed by atoms with Crippen molar-refractivity contribution in [3.63, 3.8) is 0 Å². The van der Waals surface area contributed by atoms with Gasteiger partial charge in [-0.05, 0) is 32.2 Å². The number of nitrogens with zero attached hydrogens (tertiary/aromatic N) is 1. The highest BCUT2D eigenvalue weighted by atomic mass is 32.2. The molecule has 15 heavy (non-hydrogen) atoms. The summed E-state index contributed by atoms with van der Waals surface area (Å²) in [5.74, 6) is 0. The van der Waals surface area contributed by atoms with Gasteiger partial charge >= 0.3 is 0 Å². The van der Waals surface area contributed by atoms with Crippen molar-refractivity contribution in [2.24, 2.45) is 0 Å². The second-order valence-corrected chi connectivity index (χ2v) is 6.63. The fraction of sp³-hybridized carbons (Fsp3) is 0.545. The van der Waals surface area contributed by atoms with E-state index in [0.717, 1.165) is 18.0 Å². The number of rotatable bonds is 5. The van der Waals surface area contributed by atoms with Crippen LogP contribution in [0.25, 0.3) is 0 Å². The summed E-state index contributed by atoms with van der Waals surface area (Å²) in [4.78, 5) is 2.01. The van der Waals surface area contributed by atoms with Crippen molar-refractivity contribution < 1.29 is 0 Å². The molecule has 2 nitrogen and oxygen atoms in total. The lowest BCUT2D eigenvalue weighted by Crippen LogP contribution is -2.31. The largest absolute Gasteiger partial charge is 0.310 e. The fourth-order valence-corrected chi connectivity index (χ4v) is 2.11. The van der Waals surface area contributed by atoms with Crippen molar-refractivity contribution in [3.05, 3.63) is 21.9 Å². The van der Waals surface area contributed by atoms with Gasteiger partial charge in [-0.1, -0.05) is 0 Å². The predicted molar refractivity (Wildman–Crippen MR) is 68.3 cm³/mol. The van der Waals surface area contributed by atoms with Crippen LogP contribution in [-0.4, -0.2) is 17.5 Å². The Morgan fingerprint density at radius 2 is 2.27 bits per heavy atom. The molecule has 0 aliphatic heterocycles. The average molecular weight is 240 g/mol. The number of thiophene rings is 1. The first-order valence-corrected chi connectivity index (χ1v) is 6.86. The monoisotopic (exact) mass is 240 g/mol. The smallest absolute Gasteiger partial charge is 0.110 e. The van der Waals surface area contributed by atoms with E-state index in [0.29, 0.717) is 0 Å². The van der Waals surface area contributed by atoms with Crippen LogP contribution in [0.5, 0.6) is 0 Å². The molecule has 0 spiro atoms. The Bertz CT molecular complexity index is 350. The molecule has 1 heterocycles. The number of nitrogens with one attached hydrogen (secondary N) is 1. The van der Waals surface area contributed by atoms with E-state index in [2.05, 4.69) is 31.5 Å². The molecule has 1 aromatic heterocycles. The zero-order chi connectivity index (χ0) is 11.3. The Morgan fingerprint density at radius 1 is 1.53 bits per heavy atom. The minimum absolute atomic E-state index is 0.273. The molecule has 0 saturated carbocycles. The van der Waals surface area contributed by atoms with E-state index in [9.17, 15) is 0 Å². The Morgan fingerprint density at radius 3 is 2.80 bits per heavy atom. The van der Waals surface area contributed by atoms with Gasteiger partial charge in [-0.3, -0.25) is 0 Å². The highest BCUT2D eigenvalue weighted by molar-refractivity contribution is 7.99. The van der Waals surface area contributed by atoms with Gasteiger partial charge in [0.1, 0.15) is 10.9 Å². The zero-order valence-electron chi connectivity index (χ0n) is 9.33. The van der Waals surface area contributed by atoms with Crippen molar-refractivity contribution in [3.8, 4) is 6.07 Å². The molecule has 0 amide bonds. The quantitative estimate of drug-likeness (QED) is 0.859. The highest BCUT2D eigenvalue weighted by Gasteiger charge is 2.14. The zero-order valence-corrected chi connectivity index (χ0v) is 11.0. The Balaban J connectivity index is 2.35. The van der Waals surface area contributed by atoms with E-state index in [-0.39, 0.29) is 4.75 Å². The normalized spacial score (nSPS) is 11.3.